The lowest BCUT2D eigenvalue weighted by Gasteiger charge is -2.08. The molecule has 0 aliphatic rings. The molecule has 144 valence electrons. The second-order valence-electron chi connectivity index (χ2n) is 6.03. The van der Waals surface area contributed by atoms with Gasteiger partial charge < -0.3 is 14.8 Å². The Labute approximate surface area is 166 Å². The normalized spacial score (nSPS) is 10.6. The third-order valence-electron chi connectivity index (χ3n) is 3.85. The molecule has 0 radical (unpaired) electrons. The fraction of sp³-hybridized carbons (Fsp3) is 0.333. The predicted octanol–water partition coefficient (Wildman–Crippen LogP) is 4.97. The SMILES string of the molecule is CCCCCCOc1ccc(/C=N\NC(=S)Nc2cccc(OC)c2)cc1. The van der Waals surface area contributed by atoms with Crippen molar-refractivity contribution in [3.63, 3.8) is 0 Å². The third kappa shape index (κ3) is 8.09. The average Bonchev–Trinajstić information content (AvgIpc) is 2.69. The summed E-state index contributed by atoms with van der Waals surface area (Å²) in [5.74, 6) is 1.64. The van der Waals surface area contributed by atoms with E-state index in [0.29, 0.717) is 5.11 Å². The molecule has 0 amide bonds. The van der Waals surface area contributed by atoms with Gasteiger partial charge >= 0.3 is 0 Å². The highest BCUT2D eigenvalue weighted by Crippen LogP contribution is 2.16. The first-order chi connectivity index (χ1) is 13.2. The van der Waals surface area contributed by atoms with Gasteiger partial charge in [0, 0.05) is 11.8 Å². The standard InChI is InChI=1S/C21H27N3O2S/c1-3-4-5-6-14-26-19-12-10-17(11-13-19)16-22-24-21(27)23-18-8-7-9-20(15-18)25-2/h7-13,15-16H,3-6,14H2,1-2H3,(H2,23,24,27)/b22-16-. The molecule has 5 nitrogen and oxygen atoms in total. The summed E-state index contributed by atoms with van der Waals surface area (Å²) >= 11 is 5.23. The van der Waals surface area contributed by atoms with Gasteiger partial charge in [-0.05, 0) is 60.6 Å². The molecular formula is C21H27N3O2S. The van der Waals surface area contributed by atoms with Gasteiger partial charge in [-0.25, -0.2) is 0 Å². The van der Waals surface area contributed by atoms with Crippen LogP contribution in [-0.4, -0.2) is 25.0 Å². The summed E-state index contributed by atoms with van der Waals surface area (Å²) in [7, 11) is 1.63. The van der Waals surface area contributed by atoms with Crippen LogP contribution >= 0.6 is 12.2 Å². The Kier molecular flexibility index (Phi) is 9.13. The second kappa shape index (κ2) is 11.9. The summed E-state index contributed by atoms with van der Waals surface area (Å²) in [6.45, 7) is 2.97. The van der Waals surface area contributed by atoms with E-state index in [1.54, 1.807) is 13.3 Å². The molecule has 2 rings (SSSR count). The van der Waals surface area contributed by atoms with E-state index < -0.39 is 0 Å². The monoisotopic (exact) mass is 385 g/mol. The third-order valence-corrected chi connectivity index (χ3v) is 4.05. The van der Waals surface area contributed by atoms with Crippen LogP contribution in [0.25, 0.3) is 0 Å². The molecule has 0 saturated carbocycles. The maximum Gasteiger partial charge on any atom is 0.191 e. The zero-order valence-corrected chi connectivity index (χ0v) is 16.7. The smallest absolute Gasteiger partial charge is 0.191 e. The van der Waals surface area contributed by atoms with E-state index in [2.05, 4.69) is 22.8 Å². The van der Waals surface area contributed by atoms with Crippen LogP contribution in [0.2, 0.25) is 0 Å². The molecule has 0 saturated heterocycles. The first-order valence-corrected chi connectivity index (χ1v) is 9.59. The molecule has 0 fully saturated rings. The highest BCUT2D eigenvalue weighted by atomic mass is 32.1. The summed E-state index contributed by atoms with van der Waals surface area (Å²) < 4.78 is 10.9. The number of hydrogen-bond donors (Lipinski definition) is 2. The molecule has 0 aliphatic heterocycles. The van der Waals surface area contributed by atoms with Crippen molar-refractivity contribution in [1.82, 2.24) is 5.43 Å². The van der Waals surface area contributed by atoms with E-state index in [-0.39, 0.29) is 0 Å². The van der Waals surface area contributed by atoms with E-state index in [9.17, 15) is 0 Å². The Bertz CT molecular complexity index is 732. The van der Waals surface area contributed by atoms with Crippen molar-refractivity contribution >= 4 is 29.2 Å². The Hall–Kier alpha value is -2.60. The van der Waals surface area contributed by atoms with Gasteiger partial charge in [0.15, 0.2) is 5.11 Å². The summed E-state index contributed by atoms with van der Waals surface area (Å²) in [4.78, 5) is 0. The lowest BCUT2D eigenvalue weighted by Crippen LogP contribution is -2.23. The van der Waals surface area contributed by atoms with Crippen molar-refractivity contribution in [3.05, 3.63) is 54.1 Å². The number of hydrogen-bond acceptors (Lipinski definition) is 4. The van der Waals surface area contributed by atoms with E-state index in [4.69, 9.17) is 21.7 Å². The molecule has 0 aliphatic carbocycles. The van der Waals surface area contributed by atoms with Gasteiger partial charge in [0.05, 0.1) is 19.9 Å². The van der Waals surface area contributed by atoms with Gasteiger partial charge in [-0.3, -0.25) is 5.43 Å². The van der Waals surface area contributed by atoms with Crippen molar-refractivity contribution in [2.24, 2.45) is 5.10 Å². The van der Waals surface area contributed by atoms with Crippen LogP contribution in [0.5, 0.6) is 11.5 Å². The topological polar surface area (TPSA) is 54.9 Å². The molecule has 2 N–H and O–H groups in total. The minimum atomic E-state index is 0.409. The van der Waals surface area contributed by atoms with Gasteiger partial charge in [-0.15, -0.1) is 0 Å². The Balaban J connectivity index is 1.74. The molecule has 6 heteroatoms. The minimum Gasteiger partial charge on any atom is -0.497 e. The molecule has 27 heavy (non-hydrogen) atoms. The van der Waals surface area contributed by atoms with Gasteiger partial charge in [0.2, 0.25) is 0 Å². The molecular weight excluding hydrogens is 358 g/mol. The van der Waals surface area contributed by atoms with Gasteiger partial charge in [0.1, 0.15) is 11.5 Å². The second-order valence-corrected chi connectivity index (χ2v) is 6.44. The minimum absolute atomic E-state index is 0.409. The first-order valence-electron chi connectivity index (χ1n) is 9.18. The van der Waals surface area contributed by atoms with Crippen LogP contribution in [0.4, 0.5) is 5.69 Å². The Morgan fingerprint density at radius 2 is 1.89 bits per heavy atom. The number of rotatable bonds is 10. The summed E-state index contributed by atoms with van der Waals surface area (Å²) in [6, 6.07) is 15.4. The summed E-state index contributed by atoms with van der Waals surface area (Å²) in [5.41, 5.74) is 4.60. The van der Waals surface area contributed by atoms with Gasteiger partial charge in [-0.1, -0.05) is 32.3 Å². The highest BCUT2D eigenvalue weighted by Gasteiger charge is 1.98. The fourth-order valence-electron chi connectivity index (χ4n) is 2.39. The van der Waals surface area contributed by atoms with Crippen LogP contribution < -0.4 is 20.2 Å². The molecule has 0 atom stereocenters. The molecule has 2 aromatic carbocycles. The fourth-order valence-corrected chi connectivity index (χ4v) is 2.56. The van der Waals surface area contributed by atoms with Gasteiger partial charge in [0.25, 0.3) is 0 Å². The average molecular weight is 386 g/mol. The van der Waals surface area contributed by atoms with Crippen molar-refractivity contribution in [2.45, 2.75) is 32.6 Å². The van der Waals surface area contributed by atoms with Crippen LogP contribution in [-0.2, 0) is 0 Å². The van der Waals surface area contributed by atoms with Crippen LogP contribution in [0.3, 0.4) is 0 Å². The largest absolute Gasteiger partial charge is 0.497 e. The molecule has 0 aromatic heterocycles. The number of nitrogens with zero attached hydrogens (tertiary/aromatic N) is 1. The summed E-state index contributed by atoms with van der Waals surface area (Å²) in [6.07, 6.45) is 6.53. The predicted molar refractivity (Wildman–Crippen MR) is 116 cm³/mol. The molecule has 0 heterocycles. The number of nitrogens with one attached hydrogen (secondary N) is 2. The zero-order chi connectivity index (χ0) is 19.3. The van der Waals surface area contributed by atoms with Crippen molar-refractivity contribution < 1.29 is 9.47 Å². The number of hydrazone groups is 1. The number of benzene rings is 2. The Morgan fingerprint density at radius 3 is 2.63 bits per heavy atom. The van der Waals surface area contributed by atoms with Gasteiger partial charge in [-0.2, -0.15) is 5.10 Å². The zero-order valence-electron chi connectivity index (χ0n) is 15.9. The summed E-state index contributed by atoms with van der Waals surface area (Å²) in [5, 5.41) is 7.62. The van der Waals surface area contributed by atoms with Crippen LogP contribution in [0, 0.1) is 0 Å². The van der Waals surface area contributed by atoms with E-state index in [0.717, 1.165) is 35.8 Å². The maximum atomic E-state index is 5.73. The van der Waals surface area contributed by atoms with E-state index in [1.165, 1.54) is 19.3 Å². The number of methoxy groups -OCH3 is 1. The molecule has 0 unspecified atom stereocenters. The van der Waals surface area contributed by atoms with Crippen molar-refractivity contribution in [1.29, 1.82) is 0 Å². The highest BCUT2D eigenvalue weighted by molar-refractivity contribution is 7.80. The quantitative estimate of drug-likeness (QED) is 0.262. The number of ether oxygens (including phenoxy) is 2. The maximum absolute atomic E-state index is 5.73. The van der Waals surface area contributed by atoms with E-state index >= 15 is 0 Å². The molecule has 0 spiro atoms. The first kappa shape index (κ1) is 20.7. The van der Waals surface area contributed by atoms with Crippen molar-refractivity contribution in [3.8, 4) is 11.5 Å². The number of anilines is 1. The molecule has 2 aromatic rings. The van der Waals surface area contributed by atoms with Crippen LogP contribution in [0.15, 0.2) is 53.6 Å². The number of unbranched alkanes of at least 4 members (excludes halogenated alkanes) is 3. The van der Waals surface area contributed by atoms with Crippen LogP contribution in [0.1, 0.15) is 38.2 Å². The Morgan fingerprint density at radius 1 is 1.07 bits per heavy atom. The van der Waals surface area contributed by atoms with Crippen molar-refractivity contribution in [2.75, 3.05) is 19.0 Å². The number of thiocarbonyl (C=S) groups is 1. The van der Waals surface area contributed by atoms with E-state index in [1.807, 2.05) is 48.5 Å². The lowest BCUT2D eigenvalue weighted by atomic mass is 10.2. The lowest BCUT2D eigenvalue weighted by molar-refractivity contribution is 0.305. The molecule has 0 bridgehead atoms.